The van der Waals surface area contributed by atoms with Crippen molar-refractivity contribution in [2.75, 3.05) is 6.61 Å². The lowest BCUT2D eigenvalue weighted by atomic mass is 9.85. The van der Waals surface area contributed by atoms with Crippen molar-refractivity contribution < 1.29 is 23.9 Å². The number of imide groups is 1. The number of nitrogens with zero attached hydrogens (tertiary/aromatic N) is 1. The number of carbonyl (C=O) groups is 4. The summed E-state index contributed by atoms with van der Waals surface area (Å²) in [5, 5.41) is 2.75. The number of allylic oxidation sites excluding steroid dienone is 2. The standard InChI is InChI=1S/C21H24N2O5/c1-13(15-8-4-3-5-9-15)22-18(24)12-28-21(27)14(2)23-19(25)16-10-6-7-11-17(16)20(23)26/h3-9,13-14,16-17H,10-12H2,1-2H3,(H,22,24)/t13-,14-,16-,17+/m0/s1. The van der Waals surface area contributed by atoms with Gasteiger partial charge >= 0.3 is 5.97 Å². The number of nitrogens with one attached hydrogen (secondary N) is 1. The number of likely N-dealkylation sites (tertiary alicyclic amines) is 1. The number of ether oxygens (including phenoxy) is 1. The summed E-state index contributed by atoms with van der Waals surface area (Å²) < 4.78 is 5.05. The Morgan fingerprint density at radius 3 is 2.21 bits per heavy atom. The van der Waals surface area contributed by atoms with E-state index in [2.05, 4.69) is 5.32 Å². The lowest BCUT2D eigenvalue weighted by Crippen LogP contribution is -2.45. The van der Waals surface area contributed by atoms with Crippen LogP contribution in [0.15, 0.2) is 42.5 Å². The SMILES string of the molecule is C[C@H](NC(=O)COC(=O)[C@H](C)N1C(=O)[C@H]2CC=CC[C@H]2C1=O)c1ccccc1. The minimum atomic E-state index is -1.05. The highest BCUT2D eigenvalue weighted by molar-refractivity contribution is 6.08. The Morgan fingerprint density at radius 2 is 1.64 bits per heavy atom. The Morgan fingerprint density at radius 1 is 1.07 bits per heavy atom. The number of carbonyl (C=O) groups excluding carboxylic acids is 4. The van der Waals surface area contributed by atoms with Crippen LogP contribution in [0.25, 0.3) is 0 Å². The van der Waals surface area contributed by atoms with Crippen LogP contribution in [-0.4, -0.2) is 41.2 Å². The molecule has 148 valence electrons. The zero-order chi connectivity index (χ0) is 20.3. The molecule has 1 aromatic rings. The molecule has 1 aliphatic carbocycles. The first-order chi connectivity index (χ1) is 13.4. The van der Waals surface area contributed by atoms with Crippen molar-refractivity contribution >= 4 is 23.7 Å². The Hall–Kier alpha value is -2.96. The number of rotatable bonds is 6. The van der Waals surface area contributed by atoms with Crippen molar-refractivity contribution in [2.24, 2.45) is 11.8 Å². The lowest BCUT2D eigenvalue weighted by molar-refractivity contribution is -0.159. The van der Waals surface area contributed by atoms with Crippen molar-refractivity contribution in [3.8, 4) is 0 Å². The summed E-state index contributed by atoms with van der Waals surface area (Å²) in [5.41, 5.74) is 0.931. The summed E-state index contributed by atoms with van der Waals surface area (Å²) in [6.45, 7) is 2.81. The van der Waals surface area contributed by atoms with Gasteiger partial charge in [0, 0.05) is 0 Å². The highest BCUT2D eigenvalue weighted by atomic mass is 16.5. The van der Waals surface area contributed by atoms with Crippen molar-refractivity contribution in [3.63, 3.8) is 0 Å². The number of fused-ring (bicyclic) bond motifs is 1. The molecule has 7 nitrogen and oxygen atoms in total. The van der Waals surface area contributed by atoms with Gasteiger partial charge in [0.2, 0.25) is 11.8 Å². The number of benzene rings is 1. The van der Waals surface area contributed by atoms with Crippen LogP contribution in [0.1, 0.15) is 38.3 Å². The first-order valence-corrected chi connectivity index (χ1v) is 9.43. The molecule has 1 N–H and O–H groups in total. The summed E-state index contributed by atoms with van der Waals surface area (Å²) in [4.78, 5) is 50.4. The number of hydrogen-bond acceptors (Lipinski definition) is 5. The zero-order valence-corrected chi connectivity index (χ0v) is 16.0. The molecule has 0 aromatic heterocycles. The maximum absolute atomic E-state index is 12.5. The molecular weight excluding hydrogens is 360 g/mol. The first kappa shape index (κ1) is 19.8. The van der Waals surface area contributed by atoms with Gasteiger partial charge < -0.3 is 10.1 Å². The van der Waals surface area contributed by atoms with E-state index < -0.39 is 36.4 Å². The topological polar surface area (TPSA) is 92.8 Å². The van der Waals surface area contributed by atoms with E-state index in [0.29, 0.717) is 12.8 Å². The number of amides is 3. The van der Waals surface area contributed by atoms with Crippen LogP contribution in [0.5, 0.6) is 0 Å². The van der Waals surface area contributed by atoms with Gasteiger partial charge in [0.15, 0.2) is 6.61 Å². The Balaban J connectivity index is 1.52. The van der Waals surface area contributed by atoms with Gasteiger partial charge in [0.25, 0.3) is 5.91 Å². The predicted octanol–water partition coefficient (Wildman–Crippen LogP) is 1.75. The van der Waals surface area contributed by atoms with Crippen LogP contribution >= 0.6 is 0 Å². The molecule has 0 bridgehead atoms. The molecule has 7 heteroatoms. The third-order valence-electron chi connectivity index (χ3n) is 5.29. The second kappa shape index (κ2) is 8.37. The smallest absolute Gasteiger partial charge is 0.329 e. The lowest BCUT2D eigenvalue weighted by Gasteiger charge is -2.21. The van der Waals surface area contributed by atoms with Gasteiger partial charge in [-0.3, -0.25) is 19.3 Å². The van der Waals surface area contributed by atoms with E-state index in [1.165, 1.54) is 6.92 Å². The van der Waals surface area contributed by atoms with Gasteiger partial charge in [-0.2, -0.15) is 0 Å². The minimum absolute atomic E-state index is 0.234. The molecule has 1 aliphatic heterocycles. The quantitative estimate of drug-likeness (QED) is 0.458. The van der Waals surface area contributed by atoms with Gasteiger partial charge in [0.1, 0.15) is 6.04 Å². The van der Waals surface area contributed by atoms with E-state index in [9.17, 15) is 19.2 Å². The predicted molar refractivity (Wildman–Crippen MR) is 101 cm³/mol. The number of hydrogen-bond donors (Lipinski definition) is 1. The molecule has 1 saturated heterocycles. The van der Waals surface area contributed by atoms with Crippen LogP contribution in [0.3, 0.4) is 0 Å². The summed E-state index contributed by atoms with van der Waals surface area (Å²) in [7, 11) is 0. The molecule has 0 unspecified atom stereocenters. The molecule has 4 atom stereocenters. The molecule has 28 heavy (non-hydrogen) atoms. The molecule has 1 fully saturated rings. The Kier molecular flexibility index (Phi) is 5.92. The highest BCUT2D eigenvalue weighted by Gasteiger charge is 2.50. The minimum Gasteiger partial charge on any atom is -0.454 e. The maximum Gasteiger partial charge on any atom is 0.329 e. The zero-order valence-electron chi connectivity index (χ0n) is 16.0. The van der Waals surface area contributed by atoms with Crippen LogP contribution in [0, 0.1) is 11.8 Å². The molecular formula is C21H24N2O5. The van der Waals surface area contributed by atoms with Crippen LogP contribution in [0.4, 0.5) is 0 Å². The summed E-state index contributed by atoms with van der Waals surface area (Å²) in [6, 6.07) is 8.12. The Labute approximate surface area is 163 Å². The van der Waals surface area contributed by atoms with E-state index in [1.54, 1.807) is 0 Å². The van der Waals surface area contributed by atoms with Crippen LogP contribution < -0.4 is 5.32 Å². The largest absolute Gasteiger partial charge is 0.454 e. The van der Waals surface area contributed by atoms with Gasteiger partial charge in [0.05, 0.1) is 17.9 Å². The average molecular weight is 384 g/mol. The van der Waals surface area contributed by atoms with Crippen molar-refractivity contribution in [1.82, 2.24) is 10.2 Å². The van der Waals surface area contributed by atoms with E-state index in [-0.39, 0.29) is 17.9 Å². The fourth-order valence-electron chi connectivity index (χ4n) is 3.68. The monoisotopic (exact) mass is 384 g/mol. The highest BCUT2D eigenvalue weighted by Crippen LogP contribution is 2.36. The third kappa shape index (κ3) is 3.98. The van der Waals surface area contributed by atoms with Crippen molar-refractivity contribution in [1.29, 1.82) is 0 Å². The first-order valence-electron chi connectivity index (χ1n) is 9.43. The fourth-order valence-corrected chi connectivity index (χ4v) is 3.68. The van der Waals surface area contributed by atoms with Gasteiger partial charge in [-0.1, -0.05) is 42.5 Å². The molecule has 1 heterocycles. The van der Waals surface area contributed by atoms with Crippen molar-refractivity contribution in [2.45, 2.75) is 38.8 Å². The maximum atomic E-state index is 12.5. The van der Waals surface area contributed by atoms with E-state index >= 15 is 0 Å². The summed E-state index contributed by atoms with van der Waals surface area (Å²) >= 11 is 0. The van der Waals surface area contributed by atoms with Crippen molar-refractivity contribution in [3.05, 3.63) is 48.0 Å². The summed E-state index contributed by atoms with van der Waals surface area (Å²) in [5.74, 6) is -2.70. The average Bonchev–Trinajstić information content (AvgIpc) is 2.97. The molecule has 0 saturated carbocycles. The van der Waals surface area contributed by atoms with Gasteiger partial charge in [-0.15, -0.1) is 0 Å². The fraction of sp³-hybridized carbons (Fsp3) is 0.429. The molecule has 3 amide bonds. The second-order valence-corrected chi connectivity index (χ2v) is 7.19. The number of esters is 1. The normalized spacial score (nSPS) is 23.1. The third-order valence-corrected chi connectivity index (χ3v) is 5.29. The molecule has 0 spiro atoms. The molecule has 3 rings (SSSR count). The second-order valence-electron chi connectivity index (χ2n) is 7.19. The van der Waals surface area contributed by atoms with Crippen LogP contribution in [-0.2, 0) is 23.9 Å². The van der Waals surface area contributed by atoms with Gasteiger partial charge in [-0.25, -0.2) is 4.79 Å². The van der Waals surface area contributed by atoms with E-state index in [4.69, 9.17) is 4.74 Å². The van der Waals surface area contributed by atoms with Gasteiger partial charge in [-0.05, 0) is 32.3 Å². The van der Waals surface area contributed by atoms with E-state index in [1.807, 2.05) is 49.4 Å². The van der Waals surface area contributed by atoms with E-state index in [0.717, 1.165) is 10.5 Å². The molecule has 2 aliphatic rings. The Bertz CT molecular complexity index is 778. The summed E-state index contributed by atoms with van der Waals surface area (Å²) in [6.07, 6.45) is 4.79. The molecule has 1 aromatic carbocycles. The van der Waals surface area contributed by atoms with Crippen LogP contribution in [0.2, 0.25) is 0 Å². The molecule has 0 radical (unpaired) electrons.